The molecule has 0 saturated heterocycles. The molecule has 0 radical (unpaired) electrons. The van der Waals surface area contributed by atoms with Crippen LogP contribution in [0.25, 0.3) is 0 Å². The molecule has 0 aromatic rings. The van der Waals surface area contributed by atoms with Gasteiger partial charge in [-0.15, -0.1) is 0 Å². The van der Waals surface area contributed by atoms with Crippen molar-refractivity contribution >= 4 is 10.4 Å². The molecule has 0 bridgehead atoms. The second-order valence-electron chi connectivity index (χ2n) is 6.97. The van der Waals surface area contributed by atoms with Gasteiger partial charge < -0.3 is 13.6 Å². The van der Waals surface area contributed by atoms with Crippen LogP contribution in [0.3, 0.4) is 0 Å². The van der Waals surface area contributed by atoms with Gasteiger partial charge in [0.2, 0.25) is 0 Å². The van der Waals surface area contributed by atoms with Crippen molar-refractivity contribution in [3.8, 4) is 0 Å². The van der Waals surface area contributed by atoms with Gasteiger partial charge in [0.15, 0.2) is 0 Å². The standard InChI is InChI=1S/C17H38N.H2O4S/c1-5-7-8-9-10-11-12-13-14-15-17-18(3,4)16-6-2;1-5(2,3)4/h5-17H2,1-4H3;(H2,1,2,3,4)/q+1;/p-2. The molecular formula is C17H38NO4S-. The molecule has 0 saturated carbocycles. The Morgan fingerprint density at radius 1 is 0.652 bits per heavy atom. The zero-order valence-corrected chi connectivity index (χ0v) is 16.5. The Hall–Kier alpha value is -0.170. The van der Waals surface area contributed by atoms with E-state index in [4.69, 9.17) is 17.5 Å². The molecule has 0 aliphatic carbocycles. The molecule has 0 aliphatic rings. The Morgan fingerprint density at radius 3 is 1.35 bits per heavy atom. The monoisotopic (exact) mass is 352 g/mol. The smallest absolute Gasteiger partial charge is 0.0782 e. The predicted molar refractivity (Wildman–Crippen MR) is 94.5 cm³/mol. The first-order valence-electron chi connectivity index (χ1n) is 9.11. The third-order valence-electron chi connectivity index (χ3n) is 3.95. The number of unbranched alkanes of at least 4 members (excludes halogenated alkanes) is 9. The highest BCUT2D eigenvalue weighted by atomic mass is 32.3. The second kappa shape index (κ2) is 15.4. The van der Waals surface area contributed by atoms with Crippen molar-refractivity contribution in [1.29, 1.82) is 0 Å². The third kappa shape index (κ3) is 30.3. The number of quaternary nitrogens is 1. The van der Waals surface area contributed by atoms with Crippen molar-refractivity contribution in [1.82, 2.24) is 0 Å². The van der Waals surface area contributed by atoms with E-state index >= 15 is 0 Å². The summed E-state index contributed by atoms with van der Waals surface area (Å²) in [6.45, 7) is 7.28. The van der Waals surface area contributed by atoms with E-state index in [2.05, 4.69) is 27.9 Å². The maximum Gasteiger partial charge on any atom is 0.0782 e. The first kappa shape index (κ1) is 25.1. The minimum atomic E-state index is -5.17. The Bertz CT molecular complexity index is 335. The minimum absolute atomic E-state index is 1.22. The van der Waals surface area contributed by atoms with E-state index in [9.17, 15) is 0 Å². The summed E-state index contributed by atoms with van der Waals surface area (Å²) >= 11 is 0. The van der Waals surface area contributed by atoms with Crippen LogP contribution in [-0.2, 0) is 10.4 Å². The van der Waals surface area contributed by atoms with E-state index in [0.29, 0.717) is 0 Å². The molecule has 0 aliphatic heterocycles. The van der Waals surface area contributed by atoms with Crippen LogP contribution in [0.15, 0.2) is 0 Å². The number of hydrogen-bond acceptors (Lipinski definition) is 4. The van der Waals surface area contributed by atoms with E-state index in [-0.39, 0.29) is 0 Å². The molecule has 0 N–H and O–H groups in total. The molecule has 23 heavy (non-hydrogen) atoms. The van der Waals surface area contributed by atoms with Crippen LogP contribution in [0.4, 0.5) is 0 Å². The first-order chi connectivity index (χ1) is 10.6. The topological polar surface area (TPSA) is 80.3 Å². The number of nitrogens with zero attached hydrogens (tertiary/aromatic N) is 1. The maximum absolute atomic E-state index is 8.52. The predicted octanol–water partition coefficient (Wildman–Crippen LogP) is 4.06. The van der Waals surface area contributed by atoms with Gasteiger partial charge in [-0.05, 0) is 19.3 Å². The van der Waals surface area contributed by atoms with Crippen molar-refractivity contribution in [3.63, 3.8) is 0 Å². The first-order valence-corrected chi connectivity index (χ1v) is 10.4. The van der Waals surface area contributed by atoms with Crippen LogP contribution in [0.5, 0.6) is 0 Å². The average molecular weight is 353 g/mol. The lowest BCUT2D eigenvalue weighted by molar-refractivity contribution is -0.890. The molecule has 0 heterocycles. The average Bonchev–Trinajstić information content (AvgIpc) is 2.39. The summed E-state index contributed by atoms with van der Waals surface area (Å²) in [4.78, 5) is 0. The van der Waals surface area contributed by atoms with Crippen LogP contribution in [-0.4, -0.2) is 49.2 Å². The Morgan fingerprint density at radius 2 is 1.00 bits per heavy atom. The molecular weight excluding hydrogens is 314 g/mol. The lowest BCUT2D eigenvalue weighted by Crippen LogP contribution is -2.40. The lowest BCUT2D eigenvalue weighted by Gasteiger charge is -2.29. The van der Waals surface area contributed by atoms with Crippen molar-refractivity contribution in [3.05, 3.63) is 0 Å². The molecule has 0 rings (SSSR count). The quantitative estimate of drug-likeness (QED) is 0.217. The molecule has 5 nitrogen and oxygen atoms in total. The van der Waals surface area contributed by atoms with Gasteiger partial charge in [-0.2, -0.15) is 0 Å². The fourth-order valence-electron chi connectivity index (χ4n) is 2.74. The normalized spacial score (nSPS) is 11.9. The summed E-state index contributed by atoms with van der Waals surface area (Å²) in [5.41, 5.74) is 0. The summed E-state index contributed by atoms with van der Waals surface area (Å²) in [5, 5.41) is 0. The van der Waals surface area contributed by atoms with E-state index in [1.54, 1.807) is 0 Å². The van der Waals surface area contributed by atoms with Crippen LogP contribution < -0.4 is 0 Å². The Balaban J connectivity index is 0. The molecule has 0 amide bonds. The third-order valence-corrected chi connectivity index (χ3v) is 3.95. The van der Waals surface area contributed by atoms with Crippen molar-refractivity contribution in [2.24, 2.45) is 0 Å². The molecule has 6 heteroatoms. The van der Waals surface area contributed by atoms with Gasteiger partial charge in [0.1, 0.15) is 0 Å². The largest absolute Gasteiger partial charge is 0.759 e. The number of hydrogen-bond donors (Lipinski definition) is 0. The van der Waals surface area contributed by atoms with Crippen molar-refractivity contribution < 1.29 is 22.0 Å². The summed E-state index contributed by atoms with van der Waals surface area (Å²) in [6.07, 6.45) is 15.8. The summed E-state index contributed by atoms with van der Waals surface area (Å²) < 4.78 is 35.3. The van der Waals surface area contributed by atoms with Crippen LogP contribution >= 0.6 is 0 Å². The highest BCUT2D eigenvalue weighted by Crippen LogP contribution is 2.11. The Kier molecular flexibility index (Phi) is 16.7. The molecule has 0 aromatic carbocycles. The van der Waals surface area contributed by atoms with Crippen molar-refractivity contribution in [2.75, 3.05) is 27.2 Å². The molecule has 142 valence electrons. The SMILES string of the molecule is CCCCCCCCCCCC[N+](C)(C)CCC.O=S(=O)([O-])[O-]. The van der Waals surface area contributed by atoms with Crippen LogP contribution in [0, 0.1) is 0 Å². The van der Waals surface area contributed by atoms with Crippen molar-refractivity contribution in [2.45, 2.75) is 84.5 Å². The second-order valence-corrected chi connectivity index (χ2v) is 7.79. The van der Waals surface area contributed by atoms with Gasteiger partial charge in [0.05, 0.1) is 27.2 Å². The maximum atomic E-state index is 8.52. The fraction of sp³-hybridized carbons (Fsp3) is 1.00. The van der Waals surface area contributed by atoms with Crippen LogP contribution in [0.1, 0.15) is 84.5 Å². The van der Waals surface area contributed by atoms with Gasteiger partial charge in [-0.1, -0.05) is 65.2 Å². The molecule has 0 aromatic heterocycles. The van der Waals surface area contributed by atoms with E-state index < -0.39 is 10.4 Å². The van der Waals surface area contributed by atoms with Gasteiger partial charge in [0, 0.05) is 10.4 Å². The summed E-state index contributed by atoms with van der Waals surface area (Å²) in [6, 6.07) is 0. The zero-order valence-electron chi connectivity index (χ0n) is 15.7. The van der Waals surface area contributed by atoms with Gasteiger partial charge >= 0.3 is 0 Å². The zero-order chi connectivity index (χ0) is 18.2. The number of rotatable bonds is 13. The van der Waals surface area contributed by atoms with Gasteiger partial charge in [-0.25, -0.2) is 0 Å². The Labute approximate surface area is 144 Å². The molecule has 0 atom stereocenters. The minimum Gasteiger partial charge on any atom is -0.759 e. The molecule has 0 fully saturated rings. The summed E-state index contributed by atoms with van der Waals surface area (Å²) in [7, 11) is -0.422. The fourth-order valence-corrected chi connectivity index (χ4v) is 2.74. The highest BCUT2D eigenvalue weighted by molar-refractivity contribution is 7.79. The lowest BCUT2D eigenvalue weighted by atomic mass is 10.1. The van der Waals surface area contributed by atoms with E-state index in [1.165, 1.54) is 88.2 Å². The highest BCUT2D eigenvalue weighted by Gasteiger charge is 2.11. The molecule has 0 spiro atoms. The molecule has 0 unspecified atom stereocenters. The summed E-state index contributed by atoms with van der Waals surface area (Å²) in [5.74, 6) is 0. The van der Waals surface area contributed by atoms with E-state index in [0.717, 1.165) is 0 Å². The van der Waals surface area contributed by atoms with E-state index in [1.807, 2.05) is 0 Å². The van der Waals surface area contributed by atoms with Gasteiger partial charge in [0.25, 0.3) is 0 Å². The van der Waals surface area contributed by atoms with Gasteiger partial charge in [-0.3, -0.25) is 8.42 Å². The van der Waals surface area contributed by atoms with Crippen LogP contribution in [0.2, 0.25) is 0 Å².